The quantitative estimate of drug-likeness (QED) is 0.792. The standard InChI is InChI=1S/C20H23ClN2O3S/c1-23(18-7-3-2-4-8-18)20(24)15-6-5-9-19(14-15)27(25,26)22-17-12-10-16(21)11-13-17/h5-6,9-14,18,22H,2-4,7-8H2,1H3. The van der Waals surface area contributed by atoms with E-state index in [9.17, 15) is 13.2 Å². The van der Waals surface area contributed by atoms with Crippen LogP contribution < -0.4 is 4.72 Å². The Balaban J connectivity index is 1.79. The maximum Gasteiger partial charge on any atom is 0.261 e. The van der Waals surface area contributed by atoms with Gasteiger partial charge in [0.25, 0.3) is 15.9 Å². The Labute approximate surface area is 165 Å². The summed E-state index contributed by atoms with van der Waals surface area (Å²) in [4.78, 5) is 14.6. The molecule has 0 radical (unpaired) electrons. The van der Waals surface area contributed by atoms with Crippen molar-refractivity contribution < 1.29 is 13.2 Å². The maximum atomic E-state index is 12.8. The minimum absolute atomic E-state index is 0.0559. The van der Waals surface area contributed by atoms with E-state index in [-0.39, 0.29) is 16.8 Å². The molecular formula is C20H23ClN2O3S. The third kappa shape index (κ3) is 4.82. The number of halogens is 1. The lowest BCUT2D eigenvalue weighted by molar-refractivity contribution is 0.0696. The summed E-state index contributed by atoms with van der Waals surface area (Å²) in [5, 5.41) is 0.524. The predicted octanol–water partition coefficient (Wildman–Crippen LogP) is 4.55. The van der Waals surface area contributed by atoms with E-state index in [1.54, 1.807) is 48.3 Å². The second-order valence-corrected chi connectivity index (χ2v) is 8.97. The molecule has 27 heavy (non-hydrogen) atoms. The lowest BCUT2D eigenvalue weighted by atomic mass is 9.94. The maximum absolute atomic E-state index is 12.8. The summed E-state index contributed by atoms with van der Waals surface area (Å²) in [6.07, 6.45) is 5.46. The molecule has 2 aromatic rings. The number of rotatable bonds is 5. The number of nitrogens with zero attached hydrogens (tertiary/aromatic N) is 1. The molecule has 0 spiro atoms. The highest BCUT2D eigenvalue weighted by molar-refractivity contribution is 7.92. The molecule has 0 heterocycles. The van der Waals surface area contributed by atoms with Gasteiger partial charge in [-0.05, 0) is 55.3 Å². The van der Waals surface area contributed by atoms with Crippen LogP contribution in [0.2, 0.25) is 5.02 Å². The van der Waals surface area contributed by atoms with Crippen LogP contribution in [0, 0.1) is 0 Å². The van der Waals surface area contributed by atoms with Crippen LogP contribution >= 0.6 is 11.6 Å². The Morgan fingerprint density at radius 3 is 2.41 bits per heavy atom. The Morgan fingerprint density at radius 1 is 1.07 bits per heavy atom. The normalized spacial score (nSPS) is 15.3. The molecule has 0 bridgehead atoms. The molecule has 0 atom stereocenters. The van der Waals surface area contributed by atoms with Crippen LogP contribution in [-0.4, -0.2) is 32.3 Å². The Kier molecular flexibility index (Phi) is 6.07. The van der Waals surface area contributed by atoms with Gasteiger partial charge >= 0.3 is 0 Å². The highest BCUT2D eigenvalue weighted by Crippen LogP contribution is 2.24. The van der Waals surface area contributed by atoms with E-state index >= 15 is 0 Å². The van der Waals surface area contributed by atoms with Gasteiger partial charge in [0, 0.05) is 29.4 Å². The van der Waals surface area contributed by atoms with Gasteiger partial charge in [-0.1, -0.05) is 36.9 Å². The number of benzene rings is 2. The van der Waals surface area contributed by atoms with Gasteiger partial charge in [0.15, 0.2) is 0 Å². The van der Waals surface area contributed by atoms with Gasteiger partial charge in [-0.3, -0.25) is 9.52 Å². The summed E-state index contributed by atoms with van der Waals surface area (Å²) < 4.78 is 27.8. The van der Waals surface area contributed by atoms with Gasteiger partial charge in [-0.15, -0.1) is 0 Å². The van der Waals surface area contributed by atoms with E-state index in [1.807, 2.05) is 0 Å². The third-order valence-corrected chi connectivity index (χ3v) is 6.56. The first-order valence-electron chi connectivity index (χ1n) is 9.02. The number of hydrogen-bond acceptors (Lipinski definition) is 3. The molecule has 2 aromatic carbocycles. The van der Waals surface area contributed by atoms with Crippen molar-refractivity contribution in [2.75, 3.05) is 11.8 Å². The average Bonchev–Trinajstić information content (AvgIpc) is 2.69. The highest BCUT2D eigenvalue weighted by Gasteiger charge is 2.24. The SMILES string of the molecule is CN(C(=O)c1cccc(S(=O)(=O)Nc2ccc(Cl)cc2)c1)C1CCCCC1. The van der Waals surface area contributed by atoms with E-state index in [1.165, 1.54) is 18.6 Å². The molecule has 1 fully saturated rings. The fraction of sp³-hybridized carbons (Fsp3) is 0.350. The van der Waals surface area contributed by atoms with Crippen LogP contribution in [0.4, 0.5) is 5.69 Å². The molecular weight excluding hydrogens is 384 g/mol. The van der Waals surface area contributed by atoms with Crippen LogP contribution in [0.5, 0.6) is 0 Å². The minimum atomic E-state index is -3.80. The molecule has 1 aliphatic carbocycles. The topological polar surface area (TPSA) is 66.5 Å². The van der Waals surface area contributed by atoms with Gasteiger partial charge in [-0.25, -0.2) is 8.42 Å². The minimum Gasteiger partial charge on any atom is -0.339 e. The number of anilines is 1. The summed E-state index contributed by atoms with van der Waals surface area (Å²) in [7, 11) is -2.00. The van der Waals surface area contributed by atoms with Crippen molar-refractivity contribution in [3.8, 4) is 0 Å². The molecule has 0 saturated heterocycles. The molecule has 144 valence electrons. The number of nitrogens with one attached hydrogen (secondary N) is 1. The van der Waals surface area contributed by atoms with Gasteiger partial charge in [0.2, 0.25) is 0 Å². The molecule has 0 aromatic heterocycles. The third-order valence-electron chi connectivity index (χ3n) is 4.93. The largest absolute Gasteiger partial charge is 0.339 e. The lowest BCUT2D eigenvalue weighted by Crippen LogP contribution is -2.38. The Bertz CT molecular complexity index is 907. The molecule has 1 aliphatic rings. The van der Waals surface area contributed by atoms with Crippen molar-refractivity contribution in [2.45, 2.75) is 43.0 Å². The number of hydrogen-bond donors (Lipinski definition) is 1. The molecule has 1 amide bonds. The number of amides is 1. The van der Waals surface area contributed by atoms with Crippen LogP contribution in [0.25, 0.3) is 0 Å². The zero-order valence-electron chi connectivity index (χ0n) is 15.2. The fourth-order valence-corrected chi connectivity index (χ4v) is 4.60. The smallest absolute Gasteiger partial charge is 0.261 e. The number of carbonyl (C=O) groups is 1. The number of carbonyl (C=O) groups excluding carboxylic acids is 1. The van der Waals surface area contributed by atoms with Crippen molar-refractivity contribution in [1.29, 1.82) is 0 Å². The van der Waals surface area contributed by atoms with Crippen molar-refractivity contribution >= 4 is 33.2 Å². The van der Waals surface area contributed by atoms with Crippen LogP contribution in [0.3, 0.4) is 0 Å². The molecule has 7 heteroatoms. The Hall–Kier alpha value is -2.05. The van der Waals surface area contributed by atoms with Crippen LogP contribution in [-0.2, 0) is 10.0 Å². The van der Waals surface area contributed by atoms with Gasteiger partial charge in [0.05, 0.1) is 4.90 Å². The zero-order chi connectivity index (χ0) is 19.4. The molecule has 1 N–H and O–H groups in total. The molecule has 3 rings (SSSR count). The lowest BCUT2D eigenvalue weighted by Gasteiger charge is -2.31. The summed E-state index contributed by atoms with van der Waals surface area (Å²) in [5.41, 5.74) is 0.789. The molecule has 1 saturated carbocycles. The average molecular weight is 407 g/mol. The van der Waals surface area contributed by atoms with E-state index < -0.39 is 10.0 Å². The second kappa shape index (κ2) is 8.31. The van der Waals surface area contributed by atoms with Gasteiger partial charge in [0.1, 0.15) is 0 Å². The van der Waals surface area contributed by atoms with E-state index in [0.717, 1.165) is 25.7 Å². The first kappa shape index (κ1) is 19.7. The first-order chi connectivity index (χ1) is 12.9. The number of sulfonamides is 1. The van der Waals surface area contributed by atoms with E-state index in [4.69, 9.17) is 11.6 Å². The van der Waals surface area contributed by atoms with Crippen molar-refractivity contribution in [3.63, 3.8) is 0 Å². The first-order valence-corrected chi connectivity index (χ1v) is 10.9. The summed E-state index contributed by atoms with van der Waals surface area (Å²) >= 11 is 5.83. The van der Waals surface area contributed by atoms with E-state index in [2.05, 4.69) is 4.72 Å². The van der Waals surface area contributed by atoms with Gasteiger partial charge in [-0.2, -0.15) is 0 Å². The van der Waals surface area contributed by atoms with E-state index in [0.29, 0.717) is 16.3 Å². The van der Waals surface area contributed by atoms with Crippen molar-refractivity contribution in [2.24, 2.45) is 0 Å². The summed E-state index contributed by atoms with van der Waals surface area (Å²) in [6.45, 7) is 0. The second-order valence-electron chi connectivity index (χ2n) is 6.85. The van der Waals surface area contributed by atoms with Crippen molar-refractivity contribution in [3.05, 3.63) is 59.1 Å². The molecule has 0 aliphatic heterocycles. The molecule has 5 nitrogen and oxygen atoms in total. The highest BCUT2D eigenvalue weighted by atomic mass is 35.5. The molecule has 0 unspecified atom stereocenters. The Morgan fingerprint density at radius 2 is 1.74 bits per heavy atom. The van der Waals surface area contributed by atoms with Crippen molar-refractivity contribution in [1.82, 2.24) is 4.90 Å². The van der Waals surface area contributed by atoms with Gasteiger partial charge < -0.3 is 4.90 Å². The monoisotopic (exact) mass is 406 g/mol. The predicted molar refractivity (Wildman–Crippen MR) is 108 cm³/mol. The van der Waals surface area contributed by atoms with Crippen LogP contribution in [0.1, 0.15) is 42.5 Å². The summed E-state index contributed by atoms with van der Waals surface area (Å²) in [5.74, 6) is -0.148. The fourth-order valence-electron chi connectivity index (χ4n) is 3.37. The van der Waals surface area contributed by atoms with Crippen LogP contribution in [0.15, 0.2) is 53.4 Å². The summed E-state index contributed by atoms with van der Waals surface area (Å²) in [6, 6.07) is 12.8. The zero-order valence-corrected chi connectivity index (χ0v) is 16.8.